The van der Waals surface area contributed by atoms with Crippen LogP contribution in [0.15, 0.2) is 0 Å². The Morgan fingerprint density at radius 1 is 0.833 bits per heavy atom. The summed E-state index contributed by atoms with van der Waals surface area (Å²) in [4.78, 5) is 0. The molecule has 0 bridgehead atoms. The van der Waals surface area contributed by atoms with Crippen LogP contribution < -0.4 is 11.1 Å². The van der Waals surface area contributed by atoms with Crippen LogP contribution >= 0.6 is 0 Å². The molecule has 0 spiro atoms. The quantitative estimate of drug-likeness (QED) is 0.459. The number of nitrogens with one attached hydrogen (secondary N) is 1. The molecule has 0 radical (unpaired) electrons. The molecule has 0 rings (SSSR count). The molecule has 2 nitrogen and oxygen atoms in total. The normalized spacial score (nSPS) is 12.8. The fourth-order valence-corrected chi connectivity index (χ4v) is 2.40. The lowest BCUT2D eigenvalue weighted by molar-refractivity contribution is 0.387. The maximum Gasteiger partial charge on any atom is -0.00205 e. The van der Waals surface area contributed by atoms with Gasteiger partial charge in [-0.1, -0.05) is 52.4 Å². The van der Waals surface area contributed by atoms with Gasteiger partial charge in [0.05, 0.1) is 0 Å². The van der Waals surface area contributed by atoms with E-state index in [-0.39, 0.29) is 0 Å². The Hall–Kier alpha value is -0.0800. The highest BCUT2D eigenvalue weighted by atomic mass is 14.9. The molecular weight excluding hydrogens is 220 g/mol. The van der Waals surface area contributed by atoms with Gasteiger partial charge >= 0.3 is 0 Å². The first kappa shape index (κ1) is 17.9. The van der Waals surface area contributed by atoms with Crippen LogP contribution in [0.3, 0.4) is 0 Å². The van der Waals surface area contributed by atoms with E-state index < -0.39 is 0 Å². The predicted octanol–water partition coefficient (Wildman–Crippen LogP) is 4.09. The van der Waals surface area contributed by atoms with Gasteiger partial charge in [0, 0.05) is 0 Å². The molecule has 0 aliphatic rings. The van der Waals surface area contributed by atoms with Crippen LogP contribution in [0, 0.1) is 5.92 Å². The van der Waals surface area contributed by atoms with E-state index in [1.807, 2.05) is 0 Å². The molecule has 0 aromatic rings. The van der Waals surface area contributed by atoms with Crippen molar-refractivity contribution in [3.8, 4) is 0 Å². The van der Waals surface area contributed by atoms with Crippen molar-refractivity contribution >= 4 is 0 Å². The third-order valence-electron chi connectivity index (χ3n) is 3.67. The monoisotopic (exact) mass is 256 g/mol. The maximum atomic E-state index is 5.50. The molecule has 3 N–H and O–H groups in total. The van der Waals surface area contributed by atoms with Crippen molar-refractivity contribution in [2.75, 3.05) is 19.6 Å². The molecule has 0 aliphatic carbocycles. The first-order valence-electron chi connectivity index (χ1n) is 8.25. The van der Waals surface area contributed by atoms with E-state index in [1.54, 1.807) is 0 Å². The number of unbranched alkanes of at least 4 members (excludes halogenated alkanes) is 5. The van der Waals surface area contributed by atoms with Gasteiger partial charge in [-0.3, -0.25) is 0 Å². The highest BCUT2D eigenvalue weighted by Crippen LogP contribution is 2.16. The molecule has 0 aromatic carbocycles. The topological polar surface area (TPSA) is 38.0 Å². The molecule has 0 saturated carbocycles. The van der Waals surface area contributed by atoms with E-state index >= 15 is 0 Å². The Morgan fingerprint density at radius 2 is 1.56 bits per heavy atom. The maximum absolute atomic E-state index is 5.50. The summed E-state index contributed by atoms with van der Waals surface area (Å²) in [6, 6.07) is 0. The summed E-state index contributed by atoms with van der Waals surface area (Å²) in [5, 5.41) is 3.61. The Labute approximate surface area is 115 Å². The Kier molecular flexibility index (Phi) is 14.9. The molecule has 0 aliphatic heterocycles. The van der Waals surface area contributed by atoms with Crippen LogP contribution in [0.2, 0.25) is 0 Å². The van der Waals surface area contributed by atoms with E-state index in [2.05, 4.69) is 19.2 Å². The van der Waals surface area contributed by atoms with Crippen LogP contribution in [0.5, 0.6) is 0 Å². The average molecular weight is 256 g/mol. The highest BCUT2D eigenvalue weighted by molar-refractivity contribution is 4.63. The molecule has 110 valence electrons. The molecule has 0 amide bonds. The second-order valence-corrected chi connectivity index (χ2v) is 5.56. The van der Waals surface area contributed by atoms with E-state index in [1.165, 1.54) is 64.3 Å². The van der Waals surface area contributed by atoms with Gasteiger partial charge in [0.1, 0.15) is 0 Å². The number of nitrogens with two attached hydrogens (primary N) is 1. The zero-order chi connectivity index (χ0) is 13.5. The van der Waals surface area contributed by atoms with Crippen molar-refractivity contribution in [2.24, 2.45) is 11.7 Å². The van der Waals surface area contributed by atoms with E-state index in [4.69, 9.17) is 5.73 Å². The highest BCUT2D eigenvalue weighted by Gasteiger charge is 2.07. The minimum atomic E-state index is 0.831. The molecule has 2 heteroatoms. The summed E-state index contributed by atoms with van der Waals surface area (Å²) in [6.45, 7) is 7.78. The molecule has 0 fully saturated rings. The average Bonchev–Trinajstić information content (AvgIpc) is 2.39. The van der Waals surface area contributed by atoms with Crippen molar-refractivity contribution in [3.63, 3.8) is 0 Å². The van der Waals surface area contributed by atoms with Gasteiger partial charge < -0.3 is 11.1 Å². The van der Waals surface area contributed by atoms with Crippen molar-refractivity contribution in [1.29, 1.82) is 0 Å². The molecular formula is C16H36N2. The third-order valence-corrected chi connectivity index (χ3v) is 3.67. The zero-order valence-electron chi connectivity index (χ0n) is 12.8. The lowest BCUT2D eigenvalue weighted by Gasteiger charge is -2.17. The van der Waals surface area contributed by atoms with Gasteiger partial charge in [0.25, 0.3) is 0 Å². The summed E-state index contributed by atoms with van der Waals surface area (Å²) in [6.07, 6.45) is 13.5. The molecule has 1 atom stereocenters. The van der Waals surface area contributed by atoms with E-state index in [0.717, 1.165) is 25.4 Å². The fraction of sp³-hybridized carbons (Fsp3) is 1.00. The van der Waals surface area contributed by atoms with Crippen LogP contribution in [-0.4, -0.2) is 19.6 Å². The second kappa shape index (κ2) is 15.0. The van der Waals surface area contributed by atoms with Gasteiger partial charge in [-0.25, -0.2) is 0 Å². The SMILES string of the molecule is CCCCCCC(CCCC)CNCCCCN. The van der Waals surface area contributed by atoms with Gasteiger partial charge in [-0.2, -0.15) is 0 Å². The molecule has 18 heavy (non-hydrogen) atoms. The van der Waals surface area contributed by atoms with Gasteiger partial charge in [0.2, 0.25) is 0 Å². The van der Waals surface area contributed by atoms with Gasteiger partial charge in [-0.15, -0.1) is 0 Å². The first-order valence-corrected chi connectivity index (χ1v) is 8.25. The number of hydrogen-bond donors (Lipinski definition) is 2. The van der Waals surface area contributed by atoms with E-state index in [0.29, 0.717) is 0 Å². The fourth-order valence-electron chi connectivity index (χ4n) is 2.40. The Balaban J connectivity index is 3.56. The second-order valence-electron chi connectivity index (χ2n) is 5.56. The molecule has 0 saturated heterocycles. The first-order chi connectivity index (χ1) is 8.85. The van der Waals surface area contributed by atoms with Crippen LogP contribution in [0.1, 0.15) is 78.1 Å². The van der Waals surface area contributed by atoms with Crippen molar-refractivity contribution < 1.29 is 0 Å². The number of hydrogen-bond acceptors (Lipinski definition) is 2. The lowest BCUT2D eigenvalue weighted by atomic mass is 9.95. The summed E-state index contributed by atoms with van der Waals surface area (Å²) in [5.74, 6) is 0.902. The van der Waals surface area contributed by atoms with Crippen molar-refractivity contribution in [1.82, 2.24) is 5.32 Å². The Morgan fingerprint density at radius 3 is 2.22 bits per heavy atom. The number of rotatable bonds is 14. The standard InChI is InChI=1S/C16H36N2/c1-3-5-7-8-12-16(11-6-4-2)15-18-14-10-9-13-17/h16,18H,3-15,17H2,1-2H3. The summed E-state index contributed by atoms with van der Waals surface area (Å²) in [7, 11) is 0. The van der Waals surface area contributed by atoms with Gasteiger partial charge in [-0.05, 0) is 51.2 Å². The van der Waals surface area contributed by atoms with Crippen molar-refractivity contribution in [2.45, 2.75) is 78.1 Å². The minimum absolute atomic E-state index is 0.831. The van der Waals surface area contributed by atoms with Crippen LogP contribution in [-0.2, 0) is 0 Å². The zero-order valence-corrected chi connectivity index (χ0v) is 12.8. The largest absolute Gasteiger partial charge is 0.330 e. The van der Waals surface area contributed by atoms with Crippen LogP contribution in [0.25, 0.3) is 0 Å². The molecule has 0 heterocycles. The van der Waals surface area contributed by atoms with Crippen molar-refractivity contribution in [3.05, 3.63) is 0 Å². The molecule has 1 unspecified atom stereocenters. The lowest BCUT2D eigenvalue weighted by Crippen LogP contribution is -2.24. The summed E-state index contributed by atoms with van der Waals surface area (Å²) < 4.78 is 0. The molecule has 0 aromatic heterocycles. The van der Waals surface area contributed by atoms with Crippen LogP contribution in [0.4, 0.5) is 0 Å². The third kappa shape index (κ3) is 12.4. The predicted molar refractivity (Wildman–Crippen MR) is 82.9 cm³/mol. The van der Waals surface area contributed by atoms with E-state index in [9.17, 15) is 0 Å². The van der Waals surface area contributed by atoms with Gasteiger partial charge in [0.15, 0.2) is 0 Å². The summed E-state index contributed by atoms with van der Waals surface area (Å²) in [5.41, 5.74) is 5.50. The Bertz CT molecular complexity index is 148. The summed E-state index contributed by atoms with van der Waals surface area (Å²) >= 11 is 0. The smallest absolute Gasteiger partial charge is 0.00205 e. The minimum Gasteiger partial charge on any atom is -0.330 e.